The lowest BCUT2D eigenvalue weighted by Crippen LogP contribution is -2.16. The number of nitrogens with zero attached hydrogens (tertiary/aromatic N) is 3. The van der Waals surface area contributed by atoms with Crippen LogP contribution in [-0.4, -0.2) is 23.4 Å². The van der Waals surface area contributed by atoms with Crippen molar-refractivity contribution in [2.24, 2.45) is 0 Å². The molecule has 1 heterocycles. The molecule has 142 valence electrons. The van der Waals surface area contributed by atoms with Crippen LogP contribution < -0.4 is 4.72 Å². The number of rotatable bonds is 6. The molecular formula is C17H15Cl2FN4O2S. The number of halogens is 3. The molecule has 0 aliphatic heterocycles. The predicted molar refractivity (Wildman–Crippen MR) is 103 cm³/mol. The van der Waals surface area contributed by atoms with Gasteiger partial charge in [-0.25, -0.2) is 17.5 Å². The fourth-order valence-electron chi connectivity index (χ4n) is 2.42. The number of benzene rings is 2. The van der Waals surface area contributed by atoms with Crippen molar-refractivity contribution < 1.29 is 12.8 Å². The number of sulfonamides is 1. The van der Waals surface area contributed by atoms with Crippen molar-refractivity contribution in [1.29, 1.82) is 0 Å². The summed E-state index contributed by atoms with van der Waals surface area (Å²) in [4.78, 5) is 0. The Morgan fingerprint density at radius 3 is 2.59 bits per heavy atom. The lowest BCUT2D eigenvalue weighted by Gasteiger charge is -2.09. The van der Waals surface area contributed by atoms with Crippen LogP contribution in [0.5, 0.6) is 0 Å². The van der Waals surface area contributed by atoms with Crippen LogP contribution in [0, 0.1) is 12.7 Å². The summed E-state index contributed by atoms with van der Waals surface area (Å²) in [5.74, 6) is -0.633. The van der Waals surface area contributed by atoms with Crippen molar-refractivity contribution >= 4 is 39.0 Å². The SMILES string of the molecule is Cc1c(NS(=O)(=O)Cc2ccc(Cl)cc2Cl)nnn1Cc1ccccc1F. The van der Waals surface area contributed by atoms with Crippen LogP contribution in [0.2, 0.25) is 10.0 Å². The van der Waals surface area contributed by atoms with E-state index in [9.17, 15) is 12.8 Å². The molecule has 3 rings (SSSR count). The summed E-state index contributed by atoms with van der Waals surface area (Å²) in [7, 11) is -3.78. The molecule has 0 aliphatic carbocycles. The topological polar surface area (TPSA) is 76.9 Å². The summed E-state index contributed by atoms with van der Waals surface area (Å²) in [6.45, 7) is 1.78. The molecule has 1 aromatic heterocycles. The lowest BCUT2D eigenvalue weighted by atomic mass is 10.2. The Labute approximate surface area is 166 Å². The van der Waals surface area contributed by atoms with Crippen LogP contribution in [0.15, 0.2) is 42.5 Å². The summed E-state index contributed by atoms with van der Waals surface area (Å²) in [6.07, 6.45) is 0. The van der Waals surface area contributed by atoms with Gasteiger partial charge in [0.1, 0.15) is 5.82 Å². The van der Waals surface area contributed by atoms with Crippen molar-refractivity contribution in [2.75, 3.05) is 4.72 Å². The molecule has 10 heteroatoms. The summed E-state index contributed by atoms with van der Waals surface area (Å²) in [5.41, 5.74) is 1.29. The molecule has 0 unspecified atom stereocenters. The normalized spacial score (nSPS) is 11.6. The van der Waals surface area contributed by atoms with Crippen molar-refractivity contribution in [3.05, 3.63) is 75.1 Å². The van der Waals surface area contributed by atoms with Crippen LogP contribution in [0.25, 0.3) is 0 Å². The van der Waals surface area contributed by atoms with Crippen LogP contribution in [-0.2, 0) is 22.3 Å². The van der Waals surface area contributed by atoms with E-state index in [1.54, 1.807) is 37.3 Å². The molecule has 0 amide bonds. The van der Waals surface area contributed by atoms with Crippen molar-refractivity contribution in [2.45, 2.75) is 19.2 Å². The fraction of sp³-hybridized carbons (Fsp3) is 0.176. The van der Waals surface area contributed by atoms with Gasteiger partial charge in [0.25, 0.3) is 0 Å². The molecule has 6 nitrogen and oxygen atoms in total. The van der Waals surface area contributed by atoms with Gasteiger partial charge < -0.3 is 0 Å². The third-order valence-electron chi connectivity index (χ3n) is 3.87. The van der Waals surface area contributed by atoms with Gasteiger partial charge in [-0.1, -0.05) is 52.7 Å². The van der Waals surface area contributed by atoms with E-state index in [2.05, 4.69) is 15.0 Å². The zero-order chi connectivity index (χ0) is 19.6. The Balaban J connectivity index is 1.77. The monoisotopic (exact) mass is 428 g/mol. The molecule has 1 N–H and O–H groups in total. The van der Waals surface area contributed by atoms with Gasteiger partial charge in [0.2, 0.25) is 10.0 Å². The van der Waals surface area contributed by atoms with E-state index in [1.165, 1.54) is 16.8 Å². The zero-order valence-corrected chi connectivity index (χ0v) is 16.5. The first kappa shape index (κ1) is 19.6. The molecule has 27 heavy (non-hydrogen) atoms. The van der Waals surface area contributed by atoms with Gasteiger partial charge in [-0.2, -0.15) is 0 Å². The maximum atomic E-state index is 13.8. The highest BCUT2D eigenvalue weighted by Gasteiger charge is 2.19. The summed E-state index contributed by atoms with van der Waals surface area (Å²) < 4.78 is 42.5. The molecule has 3 aromatic rings. The third-order valence-corrected chi connectivity index (χ3v) is 5.66. The first-order valence-corrected chi connectivity index (χ1v) is 10.2. The highest BCUT2D eigenvalue weighted by Crippen LogP contribution is 2.24. The number of aromatic nitrogens is 3. The van der Waals surface area contributed by atoms with Gasteiger partial charge in [-0.05, 0) is 30.7 Å². The van der Waals surface area contributed by atoms with E-state index in [4.69, 9.17) is 23.2 Å². The highest BCUT2D eigenvalue weighted by atomic mass is 35.5. The Kier molecular flexibility index (Phi) is 5.69. The van der Waals surface area contributed by atoms with Gasteiger partial charge in [0, 0.05) is 15.6 Å². The summed E-state index contributed by atoms with van der Waals surface area (Å²) in [5, 5.41) is 8.43. The average Bonchev–Trinajstić information content (AvgIpc) is 2.92. The fourth-order valence-corrected chi connectivity index (χ4v) is 4.19. The van der Waals surface area contributed by atoms with Gasteiger partial charge in [0.15, 0.2) is 5.82 Å². The van der Waals surface area contributed by atoms with E-state index in [0.717, 1.165) is 0 Å². The second-order valence-corrected chi connectivity index (χ2v) is 8.44. The molecule has 0 aliphatic rings. The molecule has 0 atom stereocenters. The molecule has 0 fully saturated rings. The quantitative estimate of drug-likeness (QED) is 0.642. The van der Waals surface area contributed by atoms with E-state index in [0.29, 0.717) is 21.8 Å². The predicted octanol–water partition coefficient (Wildman–Crippen LogP) is 4.02. The molecular weight excluding hydrogens is 414 g/mol. The van der Waals surface area contributed by atoms with Gasteiger partial charge in [-0.3, -0.25) is 4.72 Å². The minimum atomic E-state index is -3.78. The Morgan fingerprint density at radius 1 is 1.15 bits per heavy atom. The molecule has 0 saturated carbocycles. The van der Waals surface area contributed by atoms with E-state index >= 15 is 0 Å². The number of hydrogen-bond donors (Lipinski definition) is 1. The van der Waals surface area contributed by atoms with E-state index in [-0.39, 0.29) is 29.0 Å². The Hall–Kier alpha value is -2.16. The van der Waals surface area contributed by atoms with Crippen LogP contribution in [0.3, 0.4) is 0 Å². The summed E-state index contributed by atoms with van der Waals surface area (Å²) in [6, 6.07) is 10.9. The van der Waals surface area contributed by atoms with Gasteiger partial charge >= 0.3 is 0 Å². The van der Waals surface area contributed by atoms with Crippen LogP contribution in [0.4, 0.5) is 10.2 Å². The maximum absolute atomic E-state index is 13.8. The molecule has 0 radical (unpaired) electrons. The minimum absolute atomic E-state index is 0.0800. The smallest absolute Gasteiger partial charge is 0.238 e. The van der Waals surface area contributed by atoms with Gasteiger partial charge in [-0.15, -0.1) is 5.10 Å². The largest absolute Gasteiger partial charge is 0.264 e. The minimum Gasteiger partial charge on any atom is -0.264 e. The molecule has 0 spiro atoms. The van der Waals surface area contributed by atoms with Crippen molar-refractivity contribution in [3.8, 4) is 0 Å². The molecule has 0 bridgehead atoms. The number of anilines is 1. The molecule has 2 aromatic carbocycles. The standard InChI is InChI=1S/C17H15Cl2FN4O2S/c1-11-17(21-23-24(11)9-12-4-2-3-5-16(12)20)22-27(25,26)10-13-6-7-14(18)8-15(13)19/h2-8,22H,9-10H2,1H3. The molecule has 0 saturated heterocycles. The van der Waals surface area contributed by atoms with Crippen molar-refractivity contribution in [1.82, 2.24) is 15.0 Å². The average molecular weight is 429 g/mol. The van der Waals surface area contributed by atoms with E-state index in [1.807, 2.05) is 0 Å². The van der Waals surface area contributed by atoms with Crippen LogP contribution >= 0.6 is 23.2 Å². The number of hydrogen-bond acceptors (Lipinski definition) is 4. The Morgan fingerprint density at radius 2 is 1.89 bits per heavy atom. The first-order chi connectivity index (χ1) is 12.7. The van der Waals surface area contributed by atoms with Crippen molar-refractivity contribution in [3.63, 3.8) is 0 Å². The van der Waals surface area contributed by atoms with Crippen LogP contribution in [0.1, 0.15) is 16.8 Å². The second-order valence-electron chi connectivity index (χ2n) is 5.87. The lowest BCUT2D eigenvalue weighted by molar-refractivity contribution is 0.571. The second kappa shape index (κ2) is 7.84. The maximum Gasteiger partial charge on any atom is 0.238 e. The summed E-state index contributed by atoms with van der Waals surface area (Å²) >= 11 is 11.9. The Bertz CT molecular complexity index is 1090. The zero-order valence-electron chi connectivity index (χ0n) is 14.2. The number of nitrogens with one attached hydrogen (secondary N) is 1. The third kappa shape index (κ3) is 4.77. The highest BCUT2D eigenvalue weighted by molar-refractivity contribution is 7.91. The first-order valence-electron chi connectivity index (χ1n) is 7.83. The van der Waals surface area contributed by atoms with Gasteiger partial charge in [0.05, 0.1) is 18.0 Å². The van der Waals surface area contributed by atoms with E-state index < -0.39 is 10.0 Å².